The topological polar surface area (TPSA) is 84.3 Å². The molecule has 2 rings (SSSR count). The van der Waals surface area contributed by atoms with Gasteiger partial charge in [0.2, 0.25) is 0 Å². The number of aromatic amines is 1. The number of carbonyl (C=O) groups is 1. The molecule has 1 aliphatic rings. The molecule has 0 fully saturated rings. The first-order valence-electron chi connectivity index (χ1n) is 6.25. The van der Waals surface area contributed by atoms with Crippen LogP contribution >= 0.6 is 0 Å². The molecule has 1 aliphatic carbocycles. The molecule has 1 heterocycles. The Bertz CT molecular complexity index is 463. The minimum Gasteiger partial charge on any atom is -0.466 e. The highest BCUT2D eigenvalue weighted by Gasteiger charge is 2.26. The summed E-state index contributed by atoms with van der Waals surface area (Å²) in [6.07, 6.45) is 3.50. The number of hydrogen-bond acceptors (Lipinski definition) is 5. The van der Waals surface area contributed by atoms with Crippen LogP contribution in [0, 0.1) is 0 Å². The van der Waals surface area contributed by atoms with E-state index in [9.17, 15) is 9.59 Å². The predicted octanol–water partition coefficient (Wildman–Crippen LogP) is 0.888. The summed E-state index contributed by atoms with van der Waals surface area (Å²) in [5.74, 6) is 0.505. The van der Waals surface area contributed by atoms with E-state index in [0.717, 1.165) is 37.0 Å². The highest BCUT2D eigenvalue weighted by atomic mass is 16.5. The number of hydrogen-bond donors (Lipinski definition) is 2. The number of ether oxygens (including phenoxy) is 1. The minimum atomic E-state index is -0.263. The highest BCUT2D eigenvalue weighted by molar-refractivity contribution is 5.65. The molecule has 0 aliphatic heterocycles. The Morgan fingerprint density at radius 3 is 3.22 bits per heavy atom. The van der Waals surface area contributed by atoms with Gasteiger partial charge in [-0.3, -0.25) is 9.59 Å². The quantitative estimate of drug-likeness (QED) is 0.602. The SMILES string of the molecule is CC(=O)OCCCNC1CCCc2o[nH]c(=O)c21. The Balaban J connectivity index is 1.82. The molecule has 0 radical (unpaired) electrons. The highest BCUT2D eigenvalue weighted by Crippen LogP contribution is 2.26. The molecule has 1 unspecified atom stereocenters. The molecular formula is C12H18N2O4. The normalized spacial score (nSPS) is 18.4. The van der Waals surface area contributed by atoms with Gasteiger partial charge >= 0.3 is 5.97 Å². The third-order valence-electron chi connectivity index (χ3n) is 3.07. The minimum absolute atomic E-state index is 0.0496. The van der Waals surface area contributed by atoms with Gasteiger partial charge in [0.05, 0.1) is 12.2 Å². The van der Waals surface area contributed by atoms with Crippen LogP contribution in [0.2, 0.25) is 0 Å². The smallest absolute Gasteiger partial charge is 0.302 e. The third-order valence-corrected chi connectivity index (χ3v) is 3.07. The van der Waals surface area contributed by atoms with Crippen LogP contribution < -0.4 is 10.9 Å². The van der Waals surface area contributed by atoms with Crippen LogP contribution in [-0.4, -0.2) is 24.3 Å². The number of fused-ring (bicyclic) bond motifs is 1. The van der Waals surface area contributed by atoms with Crippen molar-refractivity contribution in [3.63, 3.8) is 0 Å². The Kier molecular flexibility index (Phi) is 4.19. The maximum absolute atomic E-state index is 11.6. The molecular weight excluding hydrogens is 236 g/mol. The Morgan fingerprint density at radius 2 is 2.44 bits per heavy atom. The first-order chi connectivity index (χ1) is 8.68. The lowest BCUT2D eigenvalue weighted by Gasteiger charge is -2.21. The summed E-state index contributed by atoms with van der Waals surface area (Å²) in [5, 5.41) is 5.69. The maximum atomic E-state index is 11.6. The van der Waals surface area contributed by atoms with Crippen LogP contribution in [0.15, 0.2) is 9.32 Å². The summed E-state index contributed by atoms with van der Waals surface area (Å²) >= 11 is 0. The van der Waals surface area contributed by atoms with Crippen LogP contribution in [-0.2, 0) is 16.0 Å². The molecule has 2 N–H and O–H groups in total. The number of aryl methyl sites for hydroxylation is 1. The molecule has 1 aromatic rings. The fourth-order valence-electron chi connectivity index (χ4n) is 2.26. The lowest BCUT2D eigenvalue weighted by molar-refractivity contribution is -0.141. The van der Waals surface area contributed by atoms with Crippen LogP contribution in [0.5, 0.6) is 0 Å². The fraction of sp³-hybridized carbons (Fsp3) is 0.667. The second-order valence-corrected chi connectivity index (χ2v) is 4.46. The summed E-state index contributed by atoms with van der Waals surface area (Å²) in [7, 11) is 0. The monoisotopic (exact) mass is 254 g/mol. The maximum Gasteiger partial charge on any atom is 0.302 e. The number of esters is 1. The van der Waals surface area contributed by atoms with Gasteiger partial charge in [0, 0.05) is 19.4 Å². The summed E-state index contributed by atoms with van der Waals surface area (Å²) in [6, 6.07) is 0.0496. The molecule has 1 aromatic heterocycles. The molecule has 0 amide bonds. The van der Waals surface area contributed by atoms with Crippen molar-refractivity contribution in [2.75, 3.05) is 13.2 Å². The van der Waals surface area contributed by atoms with E-state index in [1.807, 2.05) is 0 Å². The van der Waals surface area contributed by atoms with Crippen molar-refractivity contribution < 1.29 is 14.1 Å². The molecule has 0 aromatic carbocycles. The lowest BCUT2D eigenvalue weighted by atomic mass is 9.93. The number of aromatic nitrogens is 1. The summed E-state index contributed by atoms with van der Waals surface area (Å²) in [6.45, 7) is 2.51. The van der Waals surface area contributed by atoms with Crippen LogP contribution in [0.4, 0.5) is 0 Å². The Morgan fingerprint density at radius 1 is 1.61 bits per heavy atom. The molecule has 6 nitrogen and oxygen atoms in total. The second-order valence-electron chi connectivity index (χ2n) is 4.46. The van der Waals surface area contributed by atoms with Gasteiger partial charge in [0.1, 0.15) is 5.76 Å². The third kappa shape index (κ3) is 3.01. The number of H-pyrrole nitrogens is 1. The van der Waals surface area contributed by atoms with E-state index in [2.05, 4.69) is 10.5 Å². The number of nitrogens with one attached hydrogen (secondary N) is 2. The van der Waals surface area contributed by atoms with Gasteiger partial charge in [-0.2, -0.15) is 5.16 Å². The predicted molar refractivity (Wildman–Crippen MR) is 64.3 cm³/mol. The van der Waals surface area contributed by atoms with Crippen LogP contribution in [0.1, 0.15) is 43.6 Å². The van der Waals surface area contributed by atoms with Gasteiger partial charge in [-0.25, -0.2) is 0 Å². The molecule has 0 saturated heterocycles. The van der Waals surface area contributed by atoms with E-state index >= 15 is 0 Å². The Hall–Kier alpha value is -1.56. The van der Waals surface area contributed by atoms with Gasteiger partial charge in [-0.05, 0) is 25.8 Å². The van der Waals surface area contributed by atoms with Gasteiger partial charge in [0.15, 0.2) is 0 Å². The van der Waals surface area contributed by atoms with Crippen molar-refractivity contribution in [2.24, 2.45) is 0 Å². The zero-order valence-corrected chi connectivity index (χ0v) is 10.5. The fourth-order valence-corrected chi connectivity index (χ4v) is 2.26. The molecule has 18 heavy (non-hydrogen) atoms. The van der Waals surface area contributed by atoms with E-state index in [-0.39, 0.29) is 17.6 Å². The van der Waals surface area contributed by atoms with E-state index in [1.54, 1.807) is 0 Å². The van der Waals surface area contributed by atoms with Gasteiger partial charge in [0.25, 0.3) is 5.56 Å². The van der Waals surface area contributed by atoms with Crippen molar-refractivity contribution in [2.45, 2.75) is 38.6 Å². The van der Waals surface area contributed by atoms with Crippen molar-refractivity contribution in [1.82, 2.24) is 10.5 Å². The van der Waals surface area contributed by atoms with Crippen LogP contribution in [0.25, 0.3) is 0 Å². The molecule has 0 spiro atoms. The first-order valence-corrected chi connectivity index (χ1v) is 6.25. The largest absolute Gasteiger partial charge is 0.466 e. The van der Waals surface area contributed by atoms with E-state index in [0.29, 0.717) is 13.2 Å². The molecule has 100 valence electrons. The second kappa shape index (κ2) is 5.86. The van der Waals surface area contributed by atoms with Gasteiger partial charge in [-0.15, -0.1) is 0 Å². The zero-order valence-electron chi connectivity index (χ0n) is 10.5. The van der Waals surface area contributed by atoms with Gasteiger partial charge < -0.3 is 14.6 Å². The summed E-state index contributed by atoms with van der Waals surface area (Å²) in [4.78, 5) is 22.2. The zero-order chi connectivity index (χ0) is 13.0. The summed E-state index contributed by atoms with van der Waals surface area (Å²) < 4.78 is 9.97. The lowest BCUT2D eigenvalue weighted by Crippen LogP contribution is -2.30. The number of carbonyl (C=O) groups excluding carboxylic acids is 1. The van der Waals surface area contributed by atoms with Crippen molar-refractivity contribution >= 4 is 5.97 Å². The van der Waals surface area contributed by atoms with Crippen molar-refractivity contribution in [3.05, 3.63) is 21.7 Å². The first kappa shape index (κ1) is 12.9. The van der Waals surface area contributed by atoms with E-state index < -0.39 is 0 Å². The molecule has 1 atom stereocenters. The van der Waals surface area contributed by atoms with Crippen molar-refractivity contribution in [1.29, 1.82) is 0 Å². The van der Waals surface area contributed by atoms with Gasteiger partial charge in [-0.1, -0.05) is 0 Å². The number of rotatable bonds is 5. The Labute approximate surface area is 105 Å². The average molecular weight is 254 g/mol. The average Bonchev–Trinajstić information content (AvgIpc) is 2.71. The van der Waals surface area contributed by atoms with Crippen molar-refractivity contribution in [3.8, 4) is 0 Å². The van der Waals surface area contributed by atoms with Crippen LogP contribution in [0.3, 0.4) is 0 Å². The molecule has 6 heteroatoms. The van der Waals surface area contributed by atoms with E-state index in [4.69, 9.17) is 9.26 Å². The standard InChI is InChI=1S/C12H18N2O4/c1-8(15)17-7-3-6-13-9-4-2-5-10-11(9)12(16)14-18-10/h9,13H,2-7H2,1H3,(H,14,16). The molecule has 0 bridgehead atoms. The van der Waals surface area contributed by atoms with E-state index in [1.165, 1.54) is 6.92 Å². The summed E-state index contributed by atoms with van der Waals surface area (Å²) in [5.41, 5.74) is 0.593. The molecule has 0 saturated carbocycles.